The van der Waals surface area contributed by atoms with Gasteiger partial charge in [-0.25, -0.2) is 27.9 Å². The first kappa shape index (κ1) is 22.5. The number of alkyl halides is 3. The molecule has 0 aliphatic carbocycles. The van der Waals surface area contributed by atoms with Crippen LogP contribution in [0.4, 0.5) is 17.6 Å². The number of aromatic nitrogens is 3. The monoisotopic (exact) mass is 474 g/mol. The maximum atomic E-state index is 13.5. The Labute approximate surface area is 185 Å². The lowest BCUT2D eigenvalue weighted by atomic mass is 10.1. The van der Waals surface area contributed by atoms with Gasteiger partial charge in [0.25, 0.3) is 0 Å². The highest BCUT2D eigenvalue weighted by Gasteiger charge is 2.34. The van der Waals surface area contributed by atoms with E-state index in [0.29, 0.717) is 5.56 Å². The number of primary sulfonamides is 1. The molecule has 2 aromatic heterocycles. The average molecular weight is 474 g/mol. The van der Waals surface area contributed by atoms with Crippen LogP contribution in [0, 0.1) is 5.82 Å². The van der Waals surface area contributed by atoms with Crippen molar-refractivity contribution in [3.05, 3.63) is 84.4 Å². The number of pyridine rings is 1. The molecule has 0 amide bonds. The van der Waals surface area contributed by atoms with Crippen molar-refractivity contribution in [3.63, 3.8) is 0 Å². The lowest BCUT2D eigenvalue weighted by Gasteiger charge is -2.12. The molecule has 4 rings (SSSR count). The second kappa shape index (κ2) is 8.34. The van der Waals surface area contributed by atoms with Gasteiger partial charge in [0.05, 0.1) is 16.3 Å². The highest BCUT2D eigenvalue weighted by molar-refractivity contribution is 7.89. The fourth-order valence-electron chi connectivity index (χ4n) is 3.05. The van der Waals surface area contributed by atoms with Gasteiger partial charge in [0.15, 0.2) is 5.82 Å². The van der Waals surface area contributed by atoms with Crippen molar-refractivity contribution in [2.24, 2.45) is 5.14 Å². The molecule has 33 heavy (non-hydrogen) atoms. The normalized spacial score (nSPS) is 12.0. The molecule has 2 aromatic carbocycles. The minimum Gasteiger partial charge on any atom is -0.256 e. The maximum absolute atomic E-state index is 13.5. The Morgan fingerprint density at radius 3 is 2.18 bits per heavy atom. The molecule has 0 bridgehead atoms. The van der Waals surface area contributed by atoms with Crippen molar-refractivity contribution < 1.29 is 26.0 Å². The van der Waals surface area contributed by atoms with Gasteiger partial charge in [-0.15, -0.1) is 0 Å². The minimum absolute atomic E-state index is 0.0399. The molecule has 2 N–H and O–H groups in total. The Hall–Kier alpha value is -3.70. The number of nitrogens with two attached hydrogens (primary N) is 1. The van der Waals surface area contributed by atoms with E-state index < -0.39 is 27.7 Å². The molecular weight excluding hydrogens is 460 g/mol. The molecule has 0 aliphatic rings. The summed E-state index contributed by atoms with van der Waals surface area (Å²) in [5.41, 5.74) is -0.0454. The summed E-state index contributed by atoms with van der Waals surface area (Å²) in [6.45, 7) is 0. The number of benzene rings is 2. The highest BCUT2D eigenvalue weighted by Crippen LogP contribution is 2.33. The topological polar surface area (TPSA) is 98.8 Å². The average Bonchev–Trinajstić information content (AvgIpc) is 2.78. The van der Waals surface area contributed by atoms with Gasteiger partial charge in [-0.2, -0.15) is 13.2 Å². The van der Waals surface area contributed by atoms with Crippen LogP contribution < -0.4 is 5.14 Å². The van der Waals surface area contributed by atoms with E-state index in [1.165, 1.54) is 48.7 Å². The quantitative estimate of drug-likeness (QED) is 0.433. The van der Waals surface area contributed by atoms with E-state index in [9.17, 15) is 26.0 Å². The molecule has 11 heteroatoms. The Balaban J connectivity index is 1.84. The van der Waals surface area contributed by atoms with Crippen LogP contribution in [0.25, 0.3) is 33.9 Å². The van der Waals surface area contributed by atoms with Crippen LogP contribution in [0.15, 0.2) is 77.8 Å². The molecule has 0 spiro atoms. The Kier molecular flexibility index (Phi) is 5.68. The molecule has 0 unspecified atom stereocenters. The number of rotatable bonds is 4. The largest absolute Gasteiger partial charge is 0.433 e. The van der Waals surface area contributed by atoms with Gasteiger partial charge in [-0.05, 0) is 54.6 Å². The Bertz CT molecular complexity index is 1440. The SMILES string of the molecule is NS(=O)(=O)c1cccc(-c2cc(-c3nc(-c4ccc(F)cc4)cc(C(F)(F)F)n3)ccn2)c1. The summed E-state index contributed by atoms with van der Waals surface area (Å²) in [5, 5.41) is 5.17. The molecular formula is C22H14F4N4O2S. The summed E-state index contributed by atoms with van der Waals surface area (Å²) >= 11 is 0. The van der Waals surface area contributed by atoms with Crippen molar-refractivity contribution >= 4 is 10.0 Å². The summed E-state index contributed by atoms with van der Waals surface area (Å²) in [6.07, 6.45) is -3.40. The van der Waals surface area contributed by atoms with E-state index in [1.54, 1.807) is 6.07 Å². The van der Waals surface area contributed by atoms with Crippen LogP contribution in [0.5, 0.6) is 0 Å². The second-order valence-corrected chi connectivity index (χ2v) is 8.53. The number of hydrogen-bond acceptors (Lipinski definition) is 5. The van der Waals surface area contributed by atoms with Gasteiger partial charge in [-0.1, -0.05) is 12.1 Å². The van der Waals surface area contributed by atoms with Crippen LogP contribution in [-0.2, 0) is 16.2 Å². The first-order valence-electron chi connectivity index (χ1n) is 9.32. The summed E-state index contributed by atoms with van der Waals surface area (Å²) in [6, 6.07) is 14.2. The molecule has 0 saturated carbocycles. The van der Waals surface area contributed by atoms with Gasteiger partial charge in [0, 0.05) is 22.9 Å². The third-order valence-electron chi connectivity index (χ3n) is 4.63. The van der Waals surface area contributed by atoms with Crippen LogP contribution >= 0.6 is 0 Å². The zero-order valence-corrected chi connectivity index (χ0v) is 17.4. The minimum atomic E-state index is -4.74. The smallest absolute Gasteiger partial charge is 0.256 e. The predicted octanol–water partition coefficient (Wildman–Crippen LogP) is 4.68. The second-order valence-electron chi connectivity index (χ2n) is 6.97. The number of sulfonamides is 1. The molecule has 0 fully saturated rings. The van der Waals surface area contributed by atoms with Crippen molar-refractivity contribution in [3.8, 4) is 33.9 Å². The highest BCUT2D eigenvalue weighted by atomic mass is 32.2. The van der Waals surface area contributed by atoms with Crippen LogP contribution in [-0.4, -0.2) is 23.4 Å². The van der Waals surface area contributed by atoms with E-state index >= 15 is 0 Å². The van der Waals surface area contributed by atoms with E-state index in [0.717, 1.165) is 18.2 Å². The number of hydrogen-bond donors (Lipinski definition) is 1. The number of halogens is 4. The van der Waals surface area contributed by atoms with Gasteiger partial charge >= 0.3 is 6.18 Å². The maximum Gasteiger partial charge on any atom is 0.433 e. The van der Waals surface area contributed by atoms with Gasteiger partial charge in [0.2, 0.25) is 10.0 Å². The van der Waals surface area contributed by atoms with Crippen LogP contribution in [0.2, 0.25) is 0 Å². The summed E-state index contributed by atoms with van der Waals surface area (Å²) in [5.74, 6) is -0.764. The predicted molar refractivity (Wildman–Crippen MR) is 112 cm³/mol. The summed E-state index contributed by atoms with van der Waals surface area (Å²) in [7, 11) is -3.96. The molecule has 0 atom stereocenters. The third kappa shape index (κ3) is 5.04. The summed E-state index contributed by atoms with van der Waals surface area (Å²) in [4.78, 5) is 11.9. The van der Waals surface area contributed by atoms with Crippen LogP contribution in [0.3, 0.4) is 0 Å². The lowest BCUT2D eigenvalue weighted by molar-refractivity contribution is -0.141. The lowest BCUT2D eigenvalue weighted by Crippen LogP contribution is -2.12. The van der Waals surface area contributed by atoms with E-state index in [1.807, 2.05) is 0 Å². The molecule has 0 radical (unpaired) electrons. The van der Waals surface area contributed by atoms with Crippen molar-refractivity contribution in [2.45, 2.75) is 11.1 Å². The van der Waals surface area contributed by atoms with E-state index in [2.05, 4.69) is 15.0 Å². The fourth-order valence-corrected chi connectivity index (χ4v) is 3.61. The summed E-state index contributed by atoms with van der Waals surface area (Å²) < 4.78 is 77.1. The van der Waals surface area contributed by atoms with Gasteiger partial charge < -0.3 is 0 Å². The fraction of sp³-hybridized carbons (Fsp3) is 0.0455. The molecule has 0 saturated heterocycles. The van der Waals surface area contributed by atoms with Crippen LogP contribution in [0.1, 0.15) is 5.69 Å². The Morgan fingerprint density at radius 2 is 1.52 bits per heavy atom. The van der Waals surface area contributed by atoms with Crippen molar-refractivity contribution in [1.82, 2.24) is 15.0 Å². The zero-order chi connectivity index (χ0) is 23.8. The first-order valence-corrected chi connectivity index (χ1v) is 10.9. The molecule has 0 aliphatic heterocycles. The first-order chi connectivity index (χ1) is 15.5. The molecule has 168 valence electrons. The zero-order valence-electron chi connectivity index (χ0n) is 16.6. The van der Waals surface area contributed by atoms with E-state index in [4.69, 9.17) is 5.14 Å². The third-order valence-corrected chi connectivity index (χ3v) is 5.54. The number of nitrogens with zero attached hydrogens (tertiary/aromatic N) is 3. The Morgan fingerprint density at radius 1 is 0.788 bits per heavy atom. The van der Waals surface area contributed by atoms with E-state index in [-0.39, 0.29) is 33.2 Å². The standard InChI is InChI=1S/C22H14F4N4O2S/c23-16-6-4-13(5-7-16)19-12-20(22(24,25)26)30-21(29-19)15-8-9-28-18(11-15)14-2-1-3-17(10-14)33(27,31)32/h1-12H,(H2,27,31,32). The molecule has 4 aromatic rings. The van der Waals surface area contributed by atoms with Crippen molar-refractivity contribution in [1.29, 1.82) is 0 Å². The molecule has 2 heterocycles. The van der Waals surface area contributed by atoms with Gasteiger partial charge in [0.1, 0.15) is 11.5 Å². The molecule has 6 nitrogen and oxygen atoms in total. The van der Waals surface area contributed by atoms with Crippen molar-refractivity contribution in [2.75, 3.05) is 0 Å². The van der Waals surface area contributed by atoms with Gasteiger partial charge in [-0.3, -0.25) is 4.98 Å².